The van der Waals surface area contributed by atoms with Gasteiger partial charge in [-0.3, -0.25) is 4.79 Å². The molecule has 33 heavy (non-hydrogen) atoms. The quantitative estimate of drug-likeness (QED) is 0.112. The third-order valence-electron chi connectivity index (χ3n) is 4.21. The fraction of sp³-hybridized carbons (Fsp3) is 0.885. The van der Waals surface area contributed by atoms with Gasteiger partial charge in [-0.2, -0.15) is 5.26 Å². The normalized spacial score (nSPS) is 11.2. The molecule has 0 unspecified atom stereocenters. The number of carboxylic acids is 1. The highest BCUT2D eigenvalue weighted by molar-refractivity contribution is 5.79. The van der Waals surface area contributed by atoms with Crippen LogP contribution in [0.1, 0.15) is 121 Å². The van der Waals surface area contributed by atoms with Crippen LogP contribution in [0.4, 0.5) is 0 Å². The Hall–Kier alpha value is -1.81. The van der Waals surface area contributed by atoms with Gasteiger partial charge in [0.05, 0.1) is 11.7 Å². The largest absolute Gasteiger partial charge is 0.481 e. The molecule has 0 heterocycles. The van der Waals surface area contributed by atoms with Crippen molar-refractivity contribution in [3.63, 3.8) is 0 Å². The molecule has 0 saturated heterocycles. The summed E-state index contributed by atoms with van der Waals surface area (Å²) < 4.78 is 0. The van der Waals surface area contributed by atoms with Gasteiger partial charge in [-0.25, -0.2) is 0 Å². The Morgan fingerprint density at radius 1 is 0.879 bits per heavy atom. The molecule has 0 aromatic carbocycles. The van der Waals surface area contributed by atoms with Crippen LogP contribution in [0.3, 0.4) is 0 Å². The van der Waals surface area contributed by atoms with Gasteiger partial charge in [0.15, 0.2) is 0 Å². The molecule has 0 aromatic heterocycles. The highest BCUT2D eigenvalue weighted by atomic mass is 16.4. The van der Waals surface area contributed by atoms with Crippen LogP contribution in [0.2, 0.25) is 0 Å². The second-order valence-electron chi connectivity index (χ2n) is 10.7. The number of oxime groups is 1. The van der Waals surface area contributed by atoms with Gasteiger partial charge in [-0.05, 0) is 69.6 Å². The topological polar surface area (TPSA) is 140 Å². The summed E-state index contributed by atoms with van der Waals surface area (Å²) in [7, 11) is 0. The van der Waals surface area contributed by atoms with E-state index in [2.05, 4.69) is 52.8 Å². The Morgan fingerprint density at radius 2 is 1.27 bits per heavy atom. The van der Waals surface area contributed by atoms with E-state index in [0.29, 0.717) is 48.8 Å². The van der Waals surface area contributed by atoms with Crippen molar-refractivity contribution in [2.75, 3.05) is 0 Å². The van der Waals surface area contributed by atoms with Crippen molar-refractivity contribution >= 4 is 11.8 Å². The first-order valence-electron chi connectivity index (χ1n) is 12.3. The molecule has 7 heteroatoms. The van der Waals surface area contributed by atoms with E-state index < -0.39 is 11.6 Å². The number of aliphatic hydroxyl groups is 1. The second-order valence-corrected chi connectivity index (χ2v) is 10.7. The van der Waals surface area contributed by atoms with E-state index in [1.165, 1.54) is 0 Å². The SMILES string of the molecule is CC(C)CC/C(N)=N/O.CC(C)CCC#N.CC(C)CCC(=O)O.CC(C)CCC(C)(C)O. The van der Waals surface area contributed by atoms with E-state index in [4.69, 9.17) is 21.3 Å². The highest BCUT2D eigenvalue weighted by Gasteiger charge is 2.11. The lowest BCUT2D eigenvalue weighted by molar-refractivity contribution is -0.137. The molecule has 0 bridgehead atoms. The Balaban J connectivity index is -0.000000171. The molecule has 0 aromatic rings. The molecule has 0 aliphatic carbocycles. The molecule has 0 fully saturated rings. The van der Waals surface area contributed by atoms with Gasteiger partial charge in [-0.15, -0.1) is 0 Å². The predicted molar refractivity (Wildman–Crippen MR) is 139 cm³/mol. The summed E-state index contributed by atoms with van der Waals surface area (Å²) in [5, 5.41) is 36.5. The summed E-state index contributed by atoms with van der Waals surface area (Å²) in [6.07, 6.45) is 6.53. The molecule has 0 radical (unpaired) electrons. The van der Waals surface area contributed by atoms with Crippen molar-refractivity contribution in [2.45, 2.75) is 126 Å². The van der Waals surface area contributed by atoms with Crippen molar-refractivity contribution < 1.29 is 20.2 Å². The number of aliphatic carboxylic acids is 1. The zero-order valence-electron chi connectivity index (χ0n) is 23.2. The molecule has 0 atom stereocenters. The smallest absolute Gasteiger partial charge is 0.303 e. The van der Waals surface area contributed by atoms with Gasteiger partial charge in [0.1, 0.15) is 5.84 Å². The van der Waals surface area contributed by atoms with Crippen molar-refractivity contribution in [2.24, 2.45) is 34.6 Å². The summed E-state index contributed by atoms with van der Waals surface area (Å²) in [6.45, 7) is 20.5. The number of amidine groups is 1. The minimum absolute atomic E-state index is 0.303. The van der Waals surface area contributed by atoms with E-state index in [9.17, 15) is 9.90 Å². The zero-order valence-corrected chi connectivity index (χ0v) is 23.2. The lowest BCUT2D eigenvalue weighted by Crippen LogP contribution is -2.18. The average molecular weight is 474 g/mol. The van der Waals surface area contributed by atoms with Crippen molar-refractivity contribution in [1.29, 1.82) is 5.26 Å². The van der Waals surface area contributed by atoms with Gasteiger partial charge < -0.3 is 21.2 Å². The van der Waals surface area contributed by atoms with E-state index in [1.807, 2.05) is 27.7 Å². The fourth-order valence-corrected chi connectivity index (χ4v) is 1.89. The van der Waals surface area contributed by atoms with E-state index in [1.54, 1.807) is 0 Å². The molecule has 0 amide bonds. The molecular formula is C26H55N3O4. The minimum Gasteiger partial charge on any atom is -0.481 e. The zero-order chi connectivity index (χ0) is 27.0. The van der Waals surface area contributed by atoms with E-state index in [-0.39, 0.29) is 0 Å². The van der Waals surface area contributed by atoms with Crippen LogP contribution >= 0.6 is 0 Å². The number of nitriles is 1. The van der Waals surface area contributed by atoms with Gasteiger partial charge in [0.2, 0.25) is 0 Å². The summed E-state index contributed by atoms with van der Waals surface area (Å²) in [4.78, 5) is 9.90. The van der Waals surface area contributed by atoms with Crippen LogP contribution in [0.25, 0.3) is 0 Å². The van der Waals surface area contributed by atoms with Crippen LogP contribution < -0.4 is 5.73 Å². The maximum absolute atomic E-state index is 9.90. The maximum Gasteiger partial charge on any atom is 0.303 e. The van der Waals surface area contributed by atoms with Crippen molar-refractivity contribution in [1.82, 2.24) is 0 Å². The molecule has 198 valence electrons. The second kappa shape index (κ2) is 24.8. The Morgan fingerprint density at radius 3 is 1.45 bits per heavy atom. The number of nitrogens with zero attached hydrogens (tertiary/aromatic N) is 2. The lowest BCUT2D eigenvalue weighted by atomic mass is 9.97. The van der Waals surface area contributed by atoms with Crippen LogP contribution in [0.5, 0.6) is 0 Å². The van der Waals surface area contributed by atoms with E-state index in [0.717, 1.165) is 32.1 Å². The third kappa shape index (κ3) is 58.9. The van der Waals surface area contributed by atoms with Crippen LogP contribution in [0, 0.1) is 35.0 Å². The Labute approximate surface area is 204 Å². The summed E-state index contributed by atoms with van der Waals surface area (Å²) in [5.74, 6) is 2.13. The first kappa shape index (κ1) is 38.5. The molecule has 0 aliphatic heterocycles. The standard InChI is InChI=1S/C8H18O.C6H14N2O.C6H11N.C6H12O2/c1-7(2)5-6-8(3,4)9;1-5(2)3-4-6(7)8-9;1-6(2)4-3-5-7;1-5(2)3-4-6(7)8/h7,9H,5-6H2,1-4H3;5,9H,3-4H2,1-2H3,(H2,7,8);6H,3-4H2,1-2H3;5H,3-4H2,1-2H3,(H,7,8). The number of carboxylic acid groups (broad SMARTS) is 1. The van der Waals surface area contributed by atoms with Gasteiger partial charge in [0, 0.05) is 19.3 Å². The molecule has 0 rings (SSSR count). The summed E-state index contributed by atoms with van der Waals surface area (Å²) in [6, 6.07) is 2.10. The molecular weight excluding hydrogens is 418 g/mol. The Bertz CT molecular complexity index is 503. The number of hydrogen-bond donors (Lipinski definition) is 4. The van der Waals surface area contributed by atoms with Gasteiger partial charge >= 0.3 is 5.97 Å². The highest BCUT2D eigenvalue weighted by Crippen LogP contribution is 2.14. The number of nitrogens with two attached hydrogens (primary N) is 1. The van der Waals surface area contributed by atoms with Crippen LogP contribution in [0.15, 0.2) is 5.16 Å². The number of hydrogen-bond acceptors (Lipinski definition) is 5. The third-order valence-corrected chi connectivity index (χ3v) is 4.21. The average Bonchev–Trinajstić information content (AvgIpc) is 2.68. The molecule has 0 spiro atoms. The summed E-state index contributed by atoms with van der Waals surface area (Å²) in [5.41, 5.74) is 4.75. The molecule has 0 saturated carbocycles. The Kier molecular flexibility index (Phi) is 28.9. The summed E-state index contributed by atoms with van der Waals surface area (Å²) >= 11 is 0. The minimum atomic E-state index is -0.696. The van der Waals surface area contributed by atoms with Crippen LogP contribution in [-0.4, -0.2) is 32.8 Å². The number of rotatable bonds is 11. The monoisotopic (exact) mass is 473 g/mol. The van der Waals surface area contributed by atoms with Crippen molar-refractivity contribution in [3.05, 3.63) is 0 Å². The molecule has 7 nitrogen and oxygen atoms in total. The van der Waals surface area contributed by atoms with E-state index >= 15 is 0 Å². The maximum atomic E-state index is 9.90. The number of carbonyl (C=O) groups is 1. The molecule has 5 N–H and O–H groups in total. The van der Waals surface area contributed by atoms with Crippen molar-refractivity contribution in [3.8, 4) is 6.07 Å². The first-order chi connectivity index (χ1) is 15.0. The fourth-order valence-electron chi connectivity index (χ4n) is 1.89. The van der Waals surface area contributed by atoms with Gasteiger partial charge in [0.25, 0.3) is 0 Å². The van der Waals surface area contributed by atoms with Crippen LogP contribution in [-0.2, 0) is 4.79 Å². The first-order valence-corrected chi connectivity index (χ1v) is 12.3. The predicted octanol–water partition coefficient (Wildman–Crippen LogP) is 6.82. The lowest BCUT2D eigenvalue weighted by Gasteiger charge is -2.17. The van der Waals surface area contributed by atoms with Gasteiger partial charge in [-0.1, -0.05) is 60.5 Å². The molecule has 0 aliphatic rings.